The number of aromatic amines is 1. The van der Waals surface area contributed by atoms with Crippen LogP contribution in [0.4, 0.5) is 5.82 Å². The summed E-state index contributed by atoms with van der Waals surface area (Å²) in [6.07, 6.45) is 3.81. The number of fused-ring (bicyclic) bond motifs is 1. The SMILES string of the molecule is CN(Cc1ccccc1)C(=O)C(CCn1cccc1N)NS(=O)(=O)c1ccc2cc[nH]c2c1. The maximum absolute atomic E-state index is 13.3. The minimum absolute atomic E-state index is 0.0986. The largest absolute Gasteiger partial charge is 0.385 e. The second-order valence-electron chi connectivity index (χ2n) is 8.00. The molecule has 2 heterocycles. The zero-order valence-corrected chi connectivity index (χ0v) is 19.1. The number of nitrogens with zero attached hydrogens (tertiary/aromatic N) is 2. The average Bonchev–Trinajstić information content (AvgIpc) is 3.44. The van der Waals surface area contributed by atoms with Gasteiger partial charge in [0.05, 0.1) is 4.90 Å². The van der Waals surface area contributed by atoms with Gasteiger partial charge in [0.25, 0.3) is 0 Å². The van der Waals surface area contributed by atoms with Gasteiger partial charge in [-0.25, -0.2) is 8.42 Å². The van der Waals surface area contributed by atoms with E-state index in [4.69, 9.17) is 5.73 Å². The second kappa shape index (κ2) is 9.51. The number of carbonyl (C=O) groups is 1. The zero-order valence-electron chi connectivity index (χ0n) is 18.3. The van der Waals surface area contributed by atoms with Gasteiger partial charge in [0.2, 0.25) is 15.9 Å². The summed E-state index contributed by atoms with van der Waals surface area (Å²) >= 11 is 0. The molecule has 0 aliphatic carbocycles. The molecule has 0 saturated heterocycles. The second-order valence-corrected chi connectivity index (χ2v) is 9.71. The summed E-state index contributed by atoms with van der Waals surface area (Å²) in [4.78, 5) is 18.0. The average molecular weight is 466 g/mol. The number of anilines is 1. The lowest BCUT2D eigenvalue weighted by Gasteiger charge is -2.25. The van der Waals surface area contributed by atoms with Crippen molar-refractivity contribution in [2.75, 3.05) is 12.8 Å². The Bertz CT molecular complexity index is 1340. The third-order valence-corrected chi connectivity index (χ3v) is 7.06. The molecule has 33 heavy (non-hydrogen) atoms. The molecule has 0 aliphatic rings. The number of nitrogens with one attached hydrogen (secondary N) is 2. The summed E-state index contributed by atoms with van der Waals surface area (Å²) in [6, 6.07) is 18.9. The number of hydrogen-bond donors (Lipinski definition) is 3. The molecule has 4 aromatic rings. The van der Waals surface area contributed by atoms with E-state index < -0.39 is 16.1 Å². The Morgan fingerprint density at radius 3 is 2.64 bits per heavy atom. The molecule has 4 rings (SSSR count). The molecule has 8 nitrogen and oxygen atoms in total. The summed E-state index contributed by atoms with van der Waals surface area (Å²) in [5.41, 5.74) is 7.62. The molecule has 1 unspecified atom stereocenters. The molecule has 1 atom stereocenters. The third-order valence-electron chi connectivity index (χ3n) is 5.59. The Balaban J connectivity index is 1.56. The monoisotopic (exact) mass is 465 g/mol. The summed E-state index contributed by atoms with van der Waals surface area (Å²) < 4.78 is 30.8. The van der Waals surface area contributed by atoms with Crippen LogP contribution in [0.25, 0.3) is 10.9 Å². The number of amides is 1. The van der Waals surface area contributed by atoms with Crippen LogP contribution in [0.15, 0.2) is 84.0 Å². The number of likely N-dealkylation sites (N-methyl/N-ethyl adjacent to an activating group) is 1. The van der Waals surface area contributed by atoms with Crippen LogP contribution < -0.4 is 10.5 Å². The number of H-pyrrole nitrogens is 1. The molecule has 0 radical (unpaired) electrons. The quantitative estimate of drug-likeness (QED) is 0.353. The third kappa shape index (κ3) is 5.27. The highest BCUT2D eigenvalue weighted by molar-refractivity contribution is 7.89. The van der Waals surface area contributed by atoms with E-state index in [1.807, 2.05) is 42.5 Å². The van der Waals surface area contributed by atoms with Crippen LogP contribution in [0, 0.1) is 0 Å². The van der Waals surface area contributed by atoms with Crippen molar-refractivity contribution >= 4 is 32.7 Å². The Hall–Kier alpha value is -3.56. The molecule has 2 aromatic carbocycles. The van der Waals surface area contributed by atoms with Crippen molar-refractivity contribution in [2.24, 2.45) is 0 Å². The lowest BCUT2D eigenvalue weighted by Crippen LogP contribution is -2.47. The van der Waals surface area contributed by atoms with Crippen LogP contribution in [0.3, 0.4) is 0 Å². The molecule has 4 N–H and O–H groups in total. The van der Waals surface area contributed by atoms with Gasteiger partial charge in [-0.3, -0.25) is 4.79 Å². The van der Waals surface area contributed by atoms with Crippen LogP contribution in [0.5, 0.6) is 0 Å². The summed E-state index contributed by atoms with van der Waals surface area (Å²) in [5, 5.41) is 0.909. The first-order valence-electron chi connectivity index (χ1n) is 10.6. The summed E-state index contributed by atoms with van der Waals surface area (Å²) in [5.74, 6) is 0.244. The van der Waals surface area contributed by atoms with Crippen molar-refractivity contribution in [1.29, 1.82) is 0 Å². The summed E-state index contributed by atoms with van der Waals surface area (Å²) in [7, 11) is -2.27. The van der Waals surface area contributed by atoms with Crippen molar-refractivity contribution in [3.63, 3.8) is 0 Å². The molecule has 0 fully saturated rings. The van der Waals surface area contributed by atoms with Crippen LogP contribution in [-0.4, -0.2) is 41.9 Å². The standard InChI is InChI=1S/C24H27N5O3S/c1-28(17-18-6-3-2-4-7-18)24(30)21(12-15-29-14-5-8-23(29)25)27-33(31,32)20-10-9-19-11-13-26-22(19)16-20/h2-11,13-14,16,21,26-27H,12,15,17,25H2,1H3. The molecule has 0 saturated carbocycles. The van der Waals surface area contributed by atoms with E-state index >= 15 is 0 Å². The first-order chi connectivity index (χ1) is 15.8. The van der Waals surface area contributed by atoms with Crippen LogP contribution in [-0.2, 0) is 27.9 Å². The number of aromatic nitrogens is 2. The molecule has 172 valence electrons. The number of rotatable bonds is 9. The maximum atomic E-state index is 13.3. The van der Waals surface area contributed by atoms with Gasteiger partial charge in [-0.1, -0.05) is 36.4 Å². The molecule has 0 bridgehead atoms. The maximum Gasteiger partial charge on any atom is 0.241 e. The van der Waals surface area contributed by atoms with E-state index in [1.165, 1.54) is 11.0 Å². The normalized spacial score (nSPS) is 12.6. The molecule has 1 amide bonds. The Kier molecular flexibility index (Phi) is 6.52. The minimum atomic E-state index is -3.94. The number of hydrogen-bond acceptors (Lipinski definition) is 4. The highest BCUT2D eigenvalue weighted by atomic mass is 32.2. The fourth-order valence-corrected chi connectivity index (χ4v) is 5.03. The summed E-state index contributed by atoms with van der Waals surface area (Å²) in [6.45, 7) is 0.768. The van der Waals surface area contributed by atoms with E-state index in [2.05, 4.69) is 9.71 Å². The number of benzene rings is 2. The topological polar surface area (TPSA) is 113 Å². The van der Waals surface area contributed by atoms with Crippen molar-refractivity contribution in [3.8, 4) is 0 Å². The molecule has 9 heteroatoms. The van der Waals surface area contributed by atoms with Gasteiger partial charge in [0.15, 0.2) is 0 Å². The Labute approximate surface area is 193 Å². The molecule has 0 aliphatic heterocycles. The van der Waals surface area contributed by atoms with E-state index in [-0.39, 0.29) is 17.2 Å². The predicted octanol–water partition coefficient (Wildman–Crippen LogP) is 2.95. The van der Waals surface area contributed by atoms with Crippen LogP contribution >= 0.6 is 0 Å². The smallest absolute Gasteiger partial charge is 0.241 e. The van der Waals surface area contributed by atoms with Gasteiger partial charge in [-0.15, -0.1) is 0 Å². The Morgan fingerprint density at radius 2 is 1.91 bits per heavy atom. The molecule has 0 spiro atoms. The zero-order chi connectivity index (χ0) is 23.4. The minimum Gasteiger partial charge on any atom is -0.385 e. The lowest BCUT2D eigenvalue weighted by molar-refractivity contribution is -0.132. The first-order valence-corrected chi connectivity index (χ1v) is 12.1. The number of aryl methyl sites for hydroxylation is 1. The number of sulfonamides is 1. The lowest BCUT2D eigenvalue weighted by atomic mass is 10.1. The van der Waals surface area contributed by atoms with Crippen molar-refractivity contribution in [2.45, 2.75) is 30.4 Å². The highest BCUT2D eigenvalue weighted by Gasteiger charge is 2.28. The fourth-order valence-electron chi connectivity index (χ4n) is 3.78. The molecular formula is C24H27N5O3S. The van der Waals surface area contributed by atoms with Gasteiger partial charge in [-0.05, 0) is 47.7 Å². The van der Waals surface area contributed by atoms with Crippen molar-refractivity contribution < 1.29 is 13.2 Å². The molecule has 2 aromatic heterocycles. The number of nitrogens with two attached hydrogens (primary N) is 1. The van der Waals surface area contributed by atoms with Gasteiger partial charge in [0, 0.05) is 38.0 Å². The van der Waals surface area contributed by atoms with E-state index in [9.17, 15) is 13.2 Å². The van der Waals surface area contributed by atoms with Gasteiger partial charge >= 0.3 is 0 Å². The number of nitrogen functional groups attached to an aromatic ring is 1. The van der Waals surface area contributed by atoms with Gasteiger partial charge in [-0.2, -0.15) is 4.72 Å². The van der Waals surface area contributed by atoms with Gasteiger partial charge in [0.1, 0.15) is 11.9 Å². The van der Waals surface area contributed by atoms with E-state index in [0.29, 0.717) is 24.4 Å². The van der Waals surface area contributed by atoms with Crippen molar-refractivity contribution in [1.82, 2.24) is 19.2 Å². The fraction of sp³-hybridized carbons (Fsp3) is 0.208. The first kappa shape index (κ1) is 22.6. The highest BCUT2D eigenvalue weighted by Crippen LogP contribution is 2.19. The van der Waals surface area contributed by atoms with Crippen molar-refractivity contribution in [3.05, 3.63) is 84.7 Å². The number of carbonyl (C=O) groups excluding carboxylic acids is 1. The van der Waals surface area contributed by atoms with E-state index in [1.54, 1.807) is 42.2 Å². The van der Waals surface area contributed by atoms with Gasteiger partial charge < -0.3 is 20.2 Å². The van der Waals surface area contributed by atoms with Crippen LogP contribution in [0.1, 0.15) is 12.0 Å². The predicted molar refractivity (Wildman–Crippen MR) is 129 cm³/mol. The van der Waals surface area contributed by atoms with E-state index in [0.717, 1.165) is 10.9 Å². The molecular weight excluding hydrogens is 438 g/mol. The Morgan fingerprint density at radius 1 is 1.12 bits per heavy atom. The van der Waals surface area contributed by atoms with Crippen LogP contribution in [0.2, 0.25) is 0 Å².